The Kier molecular flexibility index (Phi) is 2.87. The quantitative estimate of drug-likeness (QED) is 0.612. The van der Waals surface area contributed by atoms with Crippen molar-refractivity contribution in [2.45, 2.75) is 18.6 Å². The Morgan fingerprint density at radius 1 is 1.12 bits per heavy atom. The van der Waals surface area contributed by atoms with Crippen LogP contribution in [-0.4, -0.2) is 14.7 Å². The van der Waals surface area contributed by atoms with Crippen LogP contribution in [0.25, 0.3) is 22.2 Å². The first-order valence-electron chi connectivity index (χ1n) is 8.09. The normalized spacial score (nSPS) is 17.0. The van der Waals surface area contributed by atoms with Crippen molar-refractivity contribution in [3.05, 3.63) is 78.4 Å². The first kappa shape index (κ1) is 13.6. The average Bonchev–Trinajstić information content (AvgIpc) is 3.30. The van der Waals surface area contributed by atoms with Crippen molar-refractivity contribution in [1.29, 1.82) is 0 Å². The molecule has 3 heterocycles. The highest BCUT2D eigenvalue weighted by molar-refractivity contribution is 5.77. The van der Waals surface area contributed by atoms with Crippen LogP contribution < -0.4 is 0 Å². The second-order valence-electron chi connectivity index (χ2n) is 6.23. The van der Waals surface area contributed by atoms with E-state index in [0.717, 1.165) is 16.7 Å². The summed E-state index contributed by atoms with van der Waals surface area (Å²) >= 11 is 0. The molecule has 118 valence electrons. The summed E-state index contributed by atoms with van der Waals surface area (Å²) in [5.41, 5.74) is 4.33. The first-order chi connectivity index (χ1) is 11.8. The van der Waals surface area contributed by atoms with E-state index >= 15 is 0 Å². The van der Waals surface area contributed by atoms with Crippen molar-refractivity contribution in [3.8, 4) is 11.3 Å². The molecule has 2 unspecified atom stereocenters. The van der Waals surface area contributed by atoms with Crippen molar-refractivity contribution < 1.29 is 9.52 Å². The number of rotatable bonds is 3. The number of aromatic nitrogens is 2. The van der Waals surface area contributed by atoms with Crippen LogP contribution in [0.5, 0.6) is 0 Å². The van der Waals surface area contributed by atoms with Gasteiger partial charge >= 0.3 is 0 Å². The van der Waals surface area contributed by atoms with Crippen LogP contribution in [0.15, 0.2) is 71.5 Å². The summed E-state index contributed by atoms with van der Waals surface area (Å²) in [5, 5.41) is 11.8. The monoisotopic (exact) mass is 316 g/mol. The van der Waals surface area contributed by atoms with E-state index < -0.39 is 6.10 Å². The number of para-hydroxylation sites is 1. The van der Waals surface area contributed by atoms with Gasteiger partial charge in [-0.2, -0.15) is 0 Å². The molecule has 0 saturated heterocycles. The number of imidazole rings is 1. The maximum Gasteiger partial charge on any atom is 0.134 e. The third-order valence-electron chi connectivity index (χ3n) is 4.82. The second kappa shape index (κ2) is 5.08. The molecular formula is C20H16N2O2. The minimum atomic E-state index is -0.663. The van der Waals surface area contributed by atoms with Crippen LogP contribution in [-0.2, 0) is 0 Å². The maximum absolute atomic E-state index is 10.7. The van der Waals surface area contributed by atoms with Crippen molar-refractivity contribution in [2.24, 2.45) is 0 Å². The lowest BCUT2D eigenvalue weighted by molar-refractivity contribution is 0.130. The molecule has 0 saturated carbocycles. The third kappa shape index (κ3) is 1.93. The molecule has 4 aromatic rings. The molecule has 0 spiro atoms. The summed E-state index contributed by atoms with van der Waals surface area (Å²) in [4.78, 5) is 4.27. The van der Waals surface area contributed by atoms with Gasteiger partial charge in [-0.3, -0.25) is 0 Å². The molecule has 0 radical (unpaired) electrons. The van der Waals surface area contributed by atoms with Gasteiger partial charge in [-0.15, -0.1) is 0 Å². The van der Waals surface area contributed by atoms with Gasteiger partial charge in [0.1, 0.15) is 17.4 Å². The van der Waals surface area contributed by atoms with E-state index in [9.17, 15) is 5.11 Å². The molecule has 1 aliphatic rings. The molecule has 0 aliphatic carbocycles. The largest absolute Gasteiger partial charge is 0.458 e. The van der Waals surface area contributed by atoms with Gasteiger partial charge in [-0.1, -0.05) is 42.5 Å². The fourth-order valence-corrected chi connectivity index (χ4v) is 3.67. The van der Waals surface area contributed by atoms with Crippen LogP contribution in [0.3, 0.4) is 0 Å². The Bertz CT molecular complexity index is 998. The molecule has 24 heavy (non-hydrogen) atoms. The summed E-state index contributed by atoms with van der Waals surface area (Å²) in [6.45, 7) is 0. The smallest absolute Gasteiger partial charge is 0.134 e. The van der Waals surface area contributed by atoms with E-state index in [2.05, 4.69) is 21.7 Å². The van der Waals surface area contributed by atoms with E-state index in [1.54, 1.807) is 0 Å². The Balaban J connectivity index is 1.51. The van der Waals surface area contributed by atoms with Gasteiger partial charge in [0.05, 0.1) is 24.3 Å². The van der Waals surface area contributed by atoms with Gasteiger partial charge in [0.25, 0.3) is 0 Å². The zero-order valence-electron chi connectivity index (χ0n) is 13.0. The molecule has 5 rings (SSSR count). The maximum atomic E-state index is 10.7. The molecule has 4 heteroatoms. The highest BCUT2D eigenvalue weighted by atomic mass is 16.4. The summed E-state index contributed by atoms with van der Waals surface area (Å²) in [6, 6.07) is 18.1. The van der Waals surface area contributed by atoms with Crippen LogP contribution >= 0.6 is 0 Å². The summed E-state index contributed by atoms with van der Waals surface area (Å²) in [7, 11) is 0. The minimum Gasteiger partial charge on any atom is -0.458 e. The van der Waals surface area contributed by atoms with Gasteiger partial charge in [0.15, 0.2) is 0 Å². The van der Waals surface area contributed by atoms with E-state index in [0.29, 0.717) is 12.2 Å². The third-order valence-corrected chi connectivity index (χ3v) is 4.82. The number of furan rings is 1. The molecule has 1 N–H and O–H groups in total. The van der Waals surface area contributed by atoms with E-state index in [-0.39, 0.29) is 6.04 Å². The van der Waals surface area contributed by atoms with Gasteiger partial charge in [0, 0.05) is 17.4 Å². The highest BCUT2D eigenvalue weighted by Gasteiger charge is 2.30. The van der Waals surface area contributed by atoms with Crippen molar-refractivity contribution in [1.82, 2.24) is 9.55 Å². The summed E-state index contributed by atoms with van der Waals surface area (Å²) in [5.74, 6) is 0.613. The van der Waals surface area contributed by atoms with E-state index in [1.807, 2.05) is 55.0 Å². The fraction of sp³-hybridized carbons (Fsp3) is 0.150. The number of hydrogen-bond donors (Lipinski definition) is 1. The van der Waals surface area contributed by atoms with Gasteiger partial charge in [-0.25, -0.2) is 4.98 Å². The number of hydrogen-bond acceptors (Lipinski definition) is 3. The van der Waals surface area contributed by atoms with Gasteiger partial charge < -0.3 is 14.1 Å². The summed E-state index contributed by atoms with van der Waals surface area (Å²) < 4.78 is 7.96. The lowest BCUT2D eigenvalue weighted by Gasteiger charge is -2.17. The number of benzene rings is 2. The van der Waals surface area contributed by atoms with Crippen LogP contribution in [0.2, 0.25) is 0 Å². The average molecular weight is 316 g/mol. The van der Waals surface area contributed by atoms with E-state index in [4.69, 9.17) is 4.42 Å². The zero-order valence-corrected chi connectivity index (χ0v) is 13.0. The Hall–Kier alpha value is -2.85. The van der Waals surface area contributed by atoms with Crippen molar-refractivity contribution >= 4 is 11.0 Å². The molecule has 2 atom stereocenters. The lowest BCUT2D eigenvalue weighted by Crippen LogP contribution is -2.10. The Morgan fingerprint density at radius 2 is 1.96 bits per heavy atom. The Morgan fingerprint density at radius 3 is 2.88 bits per heavy atom. The molecule has 1 aliphatic heterocycles. The highest BCUT2D eigenvalue weighted by Crippen LogP contribution is 2.43. The fourth-order valence-electron chi connectivity index (χ4n) is 3.67. The van der Waals surface area contributed by atoms with E-state index in [1.165, 1.54) is 11.1 Å². The number of aliphatic hydroxyl groups is 1. The predicted molar refractivity (Wildman–Crippen MR) is 91.6 cm³/mol. The minimum absolute atomic E-state index is 0.0712. The first-order valence-corrected chi connectivity index (χ1v) is 8.09. The lowest BCUT2D eigenvalue weighted by atomic mass is 9.98. The van der Waals surface area contributed by atoms with Crippen molar-refractivity contribution in [2.75, 3.05) is 0 Å². The topological polar surface area (TPSA) is 51.2 Å². The molecular weight excluding hydrogens is 300 g/mol. The predicted octanol–water partition coefficient (Wildman–Crippen LogP) is 4.32. The van der Waals surface area contributed by atoms with Gasteiger partial charge in [0.2, 0.25) is 0 Å². The summed E-state index contributed by atoms with van der Waals surface area (Å²) in [6.07, 6.45) is 3.61. The molecule has 0 bridgehead atoms. The van der Waals surface area contributed by atoms with Gasteiger partial charge in [-0.05, 0) is 17.7 Å². The SMILES string of the molecule is OC(CC1c2ccccc2-c2cncn21)c1cc2ccccc2o1. The molecule has 0 amide bonds. The zero-order chi connectivity index (χ0) is 16.1. The van der Waals surface area contributed by atoms with Crippen LogP contribution in [0.4, 0.5) is 0 Å². The molecule has 2 aromatic heterocycles. The Labute approximate surface area is 139 Å². The van der Waals surface area contributed by atoms with Crippen LogP contribution in [0, 0.1) is 0 Å². The molecule has 4 nitrogen and oxygen atoms in total. The number of nitrogens with zero attached hydrogens (tertiary/aromatic N) is 2. The standard InChI is InChI=1S/C20H16N2O2/c23-18(20-9-13-5-1-4-8-19(13)24-20)10-16-14-6-2-3-7-15(14)17-11-21-12-22(16)17/h1-9,11-12,16,18,23H,10H2. The van der Waals surface area contributed by atoms with Crippen molar-refractivity contribution in [3.63, 3.8) is 0 Å². The molecule has 0 fully saturated rings. The molecule has 2 aromatic carbocycles. The number of aliphatic hydroxyl groups excluding tert-OH is 1. The number of fused-ring (bicyclic) bond motifs is 4. The van der Waals surface area contributed by atoms with Crippen LogP contribution in [0.1, 0.15) is 29.9 Å². The second-order valence-corrected chi connectivity index (χ2v) is 6.23.